The molecule has 1 nitrogen and oxygen atoms in total. The van der Waals surface area contributed by atoms with E-state index in [4.69, 9.17) is 4.74 Å². The van der Waals surface area contributed by atoms with Crippen LogP contribution in [0.2, 0.25) is 0 Å². The number of rotatable bonds is 3. The van der Waals surface area contributed by atoms with E-state index in [2.05, 4.69) is 158 Å². The number of fused-ring (bicyclic) bond motifs is 4. The van der Waals surface area contributed by atoms with Gasteiger partial charge < -0.3 is 4.74 Å². The summed E-state index contributed by atoms with van der Waals surface area (Å²) >= 11 is 0. The van der Waals surface area contributed by atoms with Crippen LogP contribution in [0.4, 0.5) is 0 Å². The zero-order chi connectivity index (χ0) is 28.3. The summed E-state index contributed by atoms with van der Waals surface area (Å²) in [4.78, 5) is 0. The zero-order valence-electron chi connectivity index (χ0n) is 23.4. The Morgan fingerprint density at radius 1 is 0.326 bits per heavy atom. The lowest BCUT2D eigenvalue weighted by Gasteiger charge is -2.22. The van der Waals surface area contributed by atoms with Crippen molar-refractivity contribution in [2.75, 3.05) is 0 Å². The molecule has 8 aromatic rings. The van der Waals surface area contributed by atoms with E-state index in [0.717, 1.165) is 22.6 Å². The largest absolute Gasteiger partial charge is 0.456 e. The van der Waals surface area contributed by atoms with Crippen molar-refractivity contribution in [3.8, 4) is 56.0 Å². The van der Waals surface area contributed by atoms with Gasteiger partial charge in [-0.2, -0.15) is 0 Å². The van der Waals surface area contributed by atoms with Gasteiger partial charge >= 0.3 is 0 Å². The van der Waals surface area contributed by atoms with Gasteiger partial charge in [0.25, 0.3) is 0 Å². The van der Waals surface area contributed by atoms with Gasteiger partial charge in [0.1, 0.15) is 11.5 Å². The molecule has 1 heterocycles. The molecule has 0 unspecified atom stereocenters. The molecular formula is C42H26O. The fraction of sp³-hybridized carbons (Fsp3) is 0. The van der Waals surface area contributed by atoms with Gasteiger partial charge in [0, 0.05) is 10.9 Å². The highest BCUT2D eigenvalue weighted by molar-refractivity contribution is 6.21. The van der Waals surface area contributed by atoms with Gasteiger partial charge in [0.2, 0.25) is 0 Å². The molecule has 0 saturated heterocycles. The lowest BCUT2D eigenvalue weighted by Crippen LogP contribution is -1.97. The summed E-state index contributed by atoms with van der Waals surface area (Å²) in [5.41, 5.74) is 9.67. The van der Waals surface area contributed by atoms with Crippen molar-refractivity contribution >= 4 is 32.3 Å². The highest BCUT2D eigenvalue weighted by atomic mass is 16.5. The fourth-order valence-electron chi connectivity index (χ4n) is 6.95. The van der Waals surface area contributed by atoms with Crippen molar-refractivity contribution in [1.82, 2.24) is 0 Å². The monoisotopic (exact) mass is 546 g/mol. The van der Waals surface area contributed by atoms with E-state index in [9.17, 15) is 0 Å². The molecular weight excluding hydrogens is 520 g/mol. The Labute approximate surface area is 250 Å². The summed E-state index contributed by atoms with van der Waals surface area (Å²) in [7, 11) is 0. The van der Waals surface area contributed by atoms with Crippen molar-refractivity contribution in [3.63, 3.8) is 0 Å². The first-order chi connectivity index (χ1) is 21.3. The fourth-order valence-corrected chi connectivity index (χ4v) is 6.95. The molecule has 8 aromatic carbocycles. The van der Waals surface area contributed by atoms with Crippen molar-refractivity contribution in [2.45, 2.75) is 0 Å². The van der Waals surface area contributed by atoms with Crippen LogP contribution in [0.1, 0.15) is 0 Å². The molecule has 0 atom stereocenters. The molecule has 1 heteroatoms. The van der Waals surface area contributed by atoms with Gasteiger partial charge in [-0.25, -0.2) is 0 Å². The van der Waals surface area contributed by atoms with Crippen molar-refractivity contribution in [1.29, 1.82) is 0 Å². The third kappa shape index (κ3) is 3.72. The summed E-state index contributed by atoms with van der Waals surface area (Å²) < 4.78 is 6.50. The van der Waals surface area contributed by atoms with Crippen molar-refractivity contribution in [2.24, 2.45) is 0 Å². The molecule has 0 N–H and O–H groups in total. The van der Waals surface area contributed by atoms with E-state index in [1.54, 1.807) is 0 Å². The Morgan fingerprint density at radius 2 is 0.884 bits per heavy atom. The van der Waals surface area contributed by atoms with Crippen molar-refractivity contribution in [3.05, 3.63) is 158 Å². The van der Waals surface area contributed by atoms with Crippen LogP contribution in [0.15, 0.2) is 158 Å². The van der Waals surface area contributed by atoms with E-state index in [1.807, 2.05) is 0 Å². The summed E-state index contributed by atoms with van der Waals surface area (Å²) in [5, 5.41) is 7.44. The summed E-state index contributed by atoms with van der Waals surface area (Å²) in [6, 6.07) is 56.7. The minimum absolute atomic E-state index is 0.900. The molecule has 0 bridgehead atoms. The molecule has 9 rings (SSSR count). The molecule has 0 fully saturated rings. The second kappa shape index (κ2) is 9.44. The Balaban J connectivity index is 1.23. The predicted molar refractivity (Wildman–Crippen MR) is 181 cm³/mol. The maximum atomic E-state index is 6.50. The number of hydrogen-bond acceptors (Lipinski definition) is 1. The van der Waals surface area contributed by atoms with Crippen LogP contribution in [0.5, 0.6) is 11.5 Å². The third-order valence-electron chi connectivity index (χ3n) is 8.84. The van der Waals surface area contributed by atoms with E-state index >= 15 is 0 Å². The van der Waals surface area contributed by atoms with E-state index in [1.165, 1.54) is 65.7 Å². The molecule has 0 amide bonds. The van der Waals surface area contributed by atoms with Crippen LogP contribution in [0, 0.1) is 0 Å². The van der Waals surface area contributed by atoms with Gasteiger partial charge in [-0.05, 0) is 90.1 Å². The van der Waals surface area contributed by atoms with E-state index in [-0.39, 0.29) is 0 Å². The van der Waals surface area contributed by atoms with Crippen molar-refractivity contribution < 1.29 is 4.74 Å². The van der Waals surface area contributed by atoms with Crippen LogP contribution in [0.3, 0.4) is 0 Å². The molecule has 0 aromatic heterocycles. The molecule has 0 aliphatic carbocycles. The van der Waals surface area contributed by atoms with Gasteiger partial charge in [-0.1, -0.05) is 133 Å². The van der Waals surface area contributed by atoms with Gasteiger partial charge in [-0.15, -0.1) is 0 Å². The maximum absolute atomic E-state index is 6.50. The normalized spacial score (nSPS) is 11.9. The predicted octanol–water partition coefficient (Wildman–Crippen LogP) is 11.9. The summed E-state index contributed by atoms with van der Waals surface area (Å²) in [6.45, 7) is 0. The van der Waals surface area contributed by atoms with E-state index < -0.39 is 0 Å². The van der Waals surface area contributed by atoms with Crippen LogP contribution < -0.4 is 4.74 Å². The SMILES string of the molecule is c1ccc(-c2c3ccccc3c(-c3cccc(-c4ccc5c(c4)Oc4cccc6cccc-5c46)c3)c3ccccc23)cc1. The first kappa shape index (κ1) is 24.0. The van der Waals surface area contributed by atoms with Crippen LogP contribution in [0.25, 0.3) is 76.8 Å². The number of benzene rings is 8. The topological polar surface area (TPSA) is 9.23 Å². The summed E-state index contributed by atoms with van der Waals surface area (Å²) in [5.74, 6) is 1.82. The molecule has 200 valence electrons. The Hall–Kier alpha value is -5.66. The Morgan fingerprint density at radius 3 is 1.60 bits per heavy atom. The molecule has 0 radical (unpaired) electrons. The van der Waals surface area contributed by atoms with Gasteiger partial charge in [0.15, 0.2) is 0 Å². The molecule has 0 spiro atoms. The first-order valence-electron chi connectivity index (χ1n) is 14.8. The summed E-state index contributed by atoms with van der Waals surface area (Å²) in [6.07, 6.45) is 0. The van der Waals surface area contributed by atoms with E-state index in [0.29, 0.717) is 0 Å². The average Bonchev–Trinajstić information content (AvgIpc) is 3.07. The smallest absolute Gasteiger partial charge is 0.135 e. The zero-order valence-corrected chi connectivity index (χ0v) is 23.4. The second-order valence-electron chi connectivity index (χ2n) is 11.3. The maximum Gasteiger partial charge on any atom is 0.135 e. The molecule has 1 aliphatic rings. The standard InChI is InChI=1S/C42H26O/c1-2-11-27(12-3-1)40-34-17-4-6-19-36(34)41(37-20-7-5-18-35(37)40)31-16-8-15-29(25-31)30-23-24-32-33-21-9-13-28-14-10-22-38(42(28)33)43-39(32)26-30/h1-26H. The van der Waals surface area contributed by atoms with Crippen LogP contribution in [-0.2, 0) is 0 Å². The van der Waals surface area contributed by atoms with Gasteiger partial charge in [0.05, 0.1) is 0 Å². The third-order valence-corrected chi connectivity index (χ3v) is 8.84. The Kier molecular flexibility index (Phi) is 5.27. The van der Waals surface area contributed by atoms with Crippen LogP contribution >= 0.6 is 0 Å². The minimum Gasteiger partial charge on any atom is -0.456 e. The first-order valence-corrected chi connectivity index (χ1v) is 14.8. The molecule has 0 saturated carbocycles. The average molecular weight is 547 g/mol. The number of hydrogen-bond donors (Lipinski definition) is 0. The lowest BCUT2D eigenvalue weighted by atomic mass is 9.85. The molecule has 43 heavy (non-hydrogen) atoms. The lowest BCUT2D eigenvalue weighted by molar-refractivity contribution is 0.487. The highest BCUT2D eigenvalue weighted by Gasteiger charge is 2.21. The minimum atomic E-state index is 0.900. The van der Waals surface area contributed by atoms with Crippen LogP contribution in [-0.4, -0.2) is 0 Å². The van der Waals surface area contributed by atoms with Gasteiger partial charge in [-0.3, -0.25) is 0 Å². The Bertz CT molecular complexity index is 2300. The quantitative estimate of drug-likeness (QED) is 0.200. The second-order valence-corrected chi connectivity index (χ2v) is 11.3. The highest BCUT2D eigenvalue weighted by Crippen LogP contribution is 2.48. The molecule has 1 aliphatic heterocycles. The number of ether oxygens (including phenoxy) is 1.